The number of hydrogen-bond donors (Lipinski definition) is 2. The van der Waals surface area contributed by atoms with Gasteiger partial charge in [0.25, 0.3) is 0 Å². The van der Waals surface area contributed by atoms with Crippen molar-refractivity contribution in [1.29, 1.82) is 0 Å². The molecule has 0 spiro atoms. The van der Waals surface area contributed by atoms with Crippen molar-refractivity contribution in [3.63, 3.8) is 0 Å². The molecule has 1 aliphatic rings. The van der Waals surface area contributed by atoms with E-state index in [2.05, 4.69) is 30.0 Å². The standard InChI is InChI=1S/C23H28N2O3S2/c1-4-17(3)29-20-10-13-22(16(2)15-20)24-23(26)14-7-18-5-11-21(12-6-18)30(27,28)25-19-8-9-19/h5-7,10-15,17,19,25H,4,8-9H2,1-3H3,(H,24,26)/b14-7+. The highest BCUT2D eigenvalue weighted by Crippen LogP contribution is 2.28. The second-order valence-electron chi connectivity index (χ2n) is 7.60. The van der Waals surface area contributed by atoms with Crippen LogP contribution in [0.4, 0.5) is 5.69 Å². The van der Waals surface area contributed by atoms with Crippen LogP contribution in [0.25, 0.3) is 6.08 Å². The Hall–Kier alpha value is -2.09. The van der Waals surface area contributed by atoms with Crippen molar-refractivity contribution in [2.24, 2.45) is 0 Å². The Labute approximate surface area is 183 Å². The number of amides is 1. The van der Waals surface area contributed by atoms with Crippen molar-refractivity contribution >= 4 is 39.5 Å². The Kier molecular flexibility index (Phi) is 7.39. The van der Waals surface area contributed by atoms with Crippen LogP contribution in [-0.2, 0) is 14.8 Å². The molecule has 1 atom stereocenters. The lowest BCUT2D eigenvalue weighted by Crippen LogP contribution is -2.25. The van der Waals surface area contributed by atoms with Crippen LogP contribution >= 0.6 is 11.8 Å². The third-order valence-electron chi connectivity index (χ3n) is 4.88. The zero-order chi connectivity index (χ0) is 21.7. The first-order valence-corrected chi connectivity index (χ1v) is 12.5. The predicted octanol–water partition coefficient (Wildman–Crippen LogP) is 4.98. The number of aryl methyl sites for hydroxylation is 1. The number of thioether (sulfide) groups is 1. The molecule has 7 heteroatoms. The molecule has 1 saturated carbocycles. The van der Waals surface area contributed by atoms with Gasteiger partial charge in [0.1, 0.15) is 0 Å². The zero-order valence-corrected chi connectivity index (χ0v) is 19.1. The van der Waals surface area contributed by atoms with Crippen molar-refractivity contribution < 1.29 is 13.2 Å². The summed E-state index contributed by atoms with van der Waals surface area (Å²) in [5.74, 6) is -0.229. The lowest BCUT2D eigenvalue weighted by Gasteiger charge is -2.11. The minimum atomic E-state index is -3.46. The fourth-order valence-corrected chi connectivity index (χ4v) is 5.09. The third-order valence-corrected chi connectivity index (χ3v) is 7.68. The van der Waals surface area contributed by atoms with Gasteiger partial charge in [0.2, 0.25) is 15.9 Å². The highest BCUT2D eigenvalue weighted by atomic mass is 32.2. The van der Waals surface area contributed by atoms with E-state index in [9.17, 15) is 13.2 Å². The van der Waals surface area contributed by atoms with Crippen molar-refractivity contribution in [3.05, 3.63) is 59.7 Å². The SMILES string of the molecule is CCC(C)Sc1ccc(NC(=O)/C=C/c2ccc(S(=O)(=O)NC3CC3)cc2)c(C)c1. The first kappa shape index (κ1) is 22.6. The molecule has 1 fully saturated rings. The van der Waals surface area contributed by atoms with Crippen LogP contribution in [0.3, 0.4) is 0 Å². The van der Waals surface area contributed by atoms with Crippen LogP contribution in [0.15, 0.2) is 58.3 Å². The minimum Gasteiger partial charge on any atom is -0.322 e. The van der Waals surface area contributed by atoms with Crippen LogP contribution in [-0.4, -0.2) is 25.6 Å². The number of carbonyl (C=O) groups excluding carboxylic acids is 1. The summed E-state index contributed by atoms with van der Waals surface area (Å²) in [6, 6.07) is 12.6. The molecule has 0 radical (unpaired) electrons. The summed E-state index contributed by atoms with van der Waals surface area (Å²) in [5.41, 5.74) is 2.56. The van der Waals surface area contributed by atoms with Crippen LogP contribution < -0.4 is 10.0 Å². The number of benzene rings is 2. The summed E-state index contributed by atoms with van der Waals surface area (Å²) >= 11 is 1.83. The van der Waals surface area contributed by atoms with Gasteiger partial charge in [0, 0.05) is 28.0 Å². The Morgan fingerprint density at radius 2 is 1.90 bits per heavy atom. The highest BCUT2D eigenvalue weighted by molar-refractivity contribution is 7.99. The Morgan fingerprint density at radius 3 is 2.50 bits per heavy atom. The number of anilines is 1. The molecule has 0 aliphatic heterocycles. The van der Waals surface area contributed by atoms with Gasteiger partial charge in [-0.1, -0.05) is 26.0 Å². The summed E-state index contributed by atoms with van der Waals surface area (Å²) in [7, 11) is -3.46. The van der Waals surface area contributed by atoms with Gasteiger partial charge in [0.05, 0.1) is 4.90 Å². The number of hydrogen-bond acceptors (Lipinski definition) is 4. The number of nitrogens with one attached hydrogen (secondary N) is 2. The molecule has 0 heterocycles. The van der Waals surface area contributed by atoms with E-state index < -0.39 is 10.0 Å². The second kappa shape index (κ2) is 9.81. The summed E-state index contributed by atoms with van der Waals surface area (Å²) in [6.45, 7) is 6.35. The van der Waals surface area contributed by atoms with Gasteiger partial charge in [-0.3, -0.25) is 4.79 Å². The lowest BCUT2D eigenvalue weighted by atomic mass is 10.2. The average Bonchev–Trinajstić information content (AvgIpc) is 3.52. The van der Waals surface area contributed by atoms with E-state index >= 15 is 0 Å². The molecule has 5 nitrogen and oxygen atoms in total. The molecule has 0 saturated heterocycles. The summed E-state index contributed by atoms with van der Waals surface area (Å²) in [6.07, 6.45) is 6.02. The molecule has 3 rings (SSSR count). The van der Waals surface area contributed by atoms with Gasteiger partial charge in [-0.15, -0.1) is 11.8 Å². The molecule has 1 aliphatic carbocycles. The molecule has 0 bridgehead atoms. The lowest BCUT2D eigenvalue weighted by molar-refractivity contribution is -0.111. The zero-order valence-electron chi connectivity index (χ0n) is 17.5. The van der Waals surface area contributed by atoms with Crippen molar-refractivity contribution in [2.75, 3.05) is 5.32 Å². The molecule has 30 heavy (non-hydrogen) atoms. The number of rotatable bonds is 9. The van der Waals surface area contributed by atoms with Crippen molar-refractivity contribution in [2.45, 2.75) is 61.1 Å². The molecule has 2 aromatic carbocycles. The largest absolute Gasteiger partial charge is 0.322 e. The molecular formula is C23H28N2O3S2. The second-order valence-corrected chi connectivity index (χ2v) is 10.8. The maximum atomic E-state index is 12.3. The highest BCUT2D eigenvalue weighted by Gasteiger charge is 2.27. The van der Waals surface area contributed by atoms with Crippen molar-refractivity contribution in [3.8, 4) is 0 Å². The van der Waals surface area contributed by atoms with E-state index in [1.165, 1.54) is 11.0 Å². The monoisotopic (exact) mass is 444 g/mol. The minimum absolute atomic E-state index is 0.0735. The smallest absolute Gasteiger partial charge is 0.248 e. The van der Waals surface area contributed by atoms with E-state index in [1.54, 1.807) is 30.3 Å². The summed E-state index contributed by atoms with van der Waals surface area (Å²) < 4.78 is 27.1. The van der Waals surface area contributed by atoms with Crippen LogP contribution in [0.2, 0.25) is 0 Å². The number of carbonyl (C=O) groups is 1. The van der Waals surface area contributed by atoms with E-state index in [4.69, 9.17) is 0 Å². The molecular weight excluding hydrogens is 416 g/mol. The average molecular weight is 445 g/mol. The van der Waals surface area contributed by atoms with Crippen LogP contribution in [0, 0.1) is 6.92 Å². The summed E-state index contributed by atoms with van der Waals surface area (Å²) in [4.78, 5) is 13.7. The van der Waals surface area contributed by atoms with Gasteiger partial charge >= 0.3 is 0 Å². The normalized spacial score (nSPS) is 15.3. The molecule has 0 aromatic heterocycles. The van der Waals surface area contributed by atoms with E-state index in [0.717, 1.165) is 36.1 Å². The molecule has 160 valence electrons. The van der Waals surface area contributed by atoms with Crippen LogP contribution in [0.5, 0.6) is 0 Å². The van der Waals surface area contributed by atoms with Gasteiger partial charge in [-0.05, 0) is 73.7 Å². The van der Waals surface area contributed by atoms with Crippen molar-refractivity contribution in [1.82, 2.24) is 4.72 Å². The first-order chi connectivity index (χ1) is 14.3. The molecule has 1 unspecified atom stereocenters. The maximum absolute atomic E-state index is 12.3. The Balaban J connectivity index is 1.59. The third kappa shape index (κ3) is 6.45. The Bertz CT molecular complexity index is 1030. The molecule has 2 aromatic rings. The first-order valence-electron chi connectivity index (χ1n) is 10.2. The van der Waals surface area contributed by atoms with E-state index in [1.807, 2.05) is 30.8 Å². The summed E-state index contributed by atoms with van der Waals surface area (Å²) in [5, 5.41) is 3.45. The van der Waals surface area contributed by atoms with Crippen LogP contribution in [0.1, 0.15) is 44.2 Å². The molecule has 1 amide bonds. The van der Waals surface area contributed by atoms with E-state index in [-0.39, 0.29) is 16.8 Å². The predicted molar refractivity (Wildman–Crippen MR) is 124 cm³/mol. The van der Waals surface area contributed by atoms with E-state index in [0.29, 0.717) is 5.25 Å². The van der Waals surface area contributed by atoms with Gasteiger partial charge in [0.15, 0.2) is 0 Å². The quantitative estimate of drug-likeness (QED) is 0.423. The Morgan fingerprint density at radius 1 is 1.20 bits per heavy atom. The van der Waals surface area contributed by atoms with Gasteiger partial charge < -0.3 is 5.32 Å². The fraction of sp³-hybridized carbons (Fsp3) is 0.348. The fourth-order valence-electron chi connectivity index (χ4n) is 2.76. The van der Waals surface area contributed by atoms with Gasteiger partial charge in [-0.25, -0.2) is 13.1 Å². The molecule has 2 N–H and O–H groups in total. The number of sulfonamides is 1. The maximum Gasteiger partial charge on any atom is 0.248 e. The van der Waals surface area contributed by atoms with Gasteiger partial charge in [-0.2, -0.15) is 0 Å². The topological polar surface area (TPSA) is 75.3 Å².